The van der Waals surface area contributed by atoms with Gasteiger partial charge in [0.25, 0.3) is 0 Å². The van der Waals surface area contributed by atoms with Gasteiger partial charge in [0.1, 0.15) is 11.6 Å². The maximum atomic E-state index is 13.2. The molecule has 0 spiro atoms. The molecule has 1 aliphatic rings. The first kappa shape index (κ1) is 11.3. The normalized spacial score (nSPS) is 20.1. The van der Waals surface area contributed by atoms with Crippen LogP contribution in [0.5, 0.6) is 0 Å². The average Bonchev–Trinajstić information content (AvgIpc) is 2.68. The van der Waals surface area contributed by atoms with E-state index < -0.39 is 5.82 Å². The molecule has 1 saturated carbocycles. The first-order valence-corrected chi connectivity index (χ1v) is 5.46. The van der Waals surface area contributed by atoms with Gasteiger partial charge in [-0.25, -0.2) is 4.39 Å². The van der Waals surface area contributed by atoms with Crippen LogP contribution in [-0.2, 0) is 4.79 Å². The van der Waals surface area contributed by atoms with Gasteiger partial charge in [-0.3, -0.25) is 9.59 Å². The number of carbonyl (C=O) groups excluding carboxylic acids is 2. The molecule has 0 aliphatic heterocycles. The number of rotatable bonds is 2. The molecule has 84 valence electrons. The third kappa shape index (κ3) is 2.14. The second-order valence-electron chi connectivity index (χ2n) is 3.97. The van der Waals surface area contributed by atoms with Crippen molar-refractivity contribution < 1.29 is 14.0 Å². The summed E-state index contributed by atoms with van der Waals surface area (Å²) in [4.78, 5) is 23.0. The molecule has 0 radical (unpaired) electrons. The molecule has 1 unspecified atom stereocenters. The van der Waals surface area contributed by atoms with E-state index in [0.717, 1.165) is 6.07 Å². The zero-order chi connectivity index (χ0) is 11.7. The Hall–Kier alpha value is -1.22. The number of benzene rings is 1. The van der Waals surface area contributed by atoms with Crippen LogP contribution in [0.2, 0.25) is 5.02 Å². The molecule has 2 rings (SSSR count). The minimum atomic E-state index is -0.600. The van der Waals surface area contributed by atoms with Crippen molar-refractivity contribution in [3.05, 3.63) is 34.6 Å². The molecular formula is C12H10ClFO2. The molecule has 0 aromatic heterocycles. The molecule has 0 heterocycles. The summed E-state index contributed by atoms with van der Waals surface area (Å²) in [6.07, 6.45) is 1.30. The van der Waals surface area contributed by atoms with Crippen LogP contribution >= 0.6 is 11.6 Å². The molecule has 1 aliphatic carbocycles. The Morgan fingerprint density at radius 3 is 2.75 bits per heavy atom. The molecular weight excluding hydrogens is 231 g/mol. The summed E-state index contributed by atoms with van der Waals surface area (Å²) in [5.74, 6) is -0.945. The lowest BCUT2D eigenvalue weighted by Gasteiger charge is -2.07. The Labute approximate surface area is 97.4 Å². The van der Waals surface area contributed by atoms with Crippen molar-refractivity contribution in [3.8, 4) is 0 Å². The van der Waals surface area contributed by atoms with E-state index >= 15 is 0 Å². The van der Waals surface area contributed by atoms with E-state index in [1.54, 1.807) is 0 Å². The van der Waals surface area contributed by atoms with Gasteiger partial charge in [0.15, 0.2) is 5.78 Å². The molecule has 1 atom stereocenters. The van der Waals surface area contributed by atoms with E-state index in [4.69, 9.17) is 11.6 Å². The standard InChI is InChI=1S/C12H10ClFO2/c13-10-4-2-8(6-11(10)14)12(16)7-1-3-9(15)5-7/h2,4,6-7H,1,3,5H2. The Morgan fingerprint density at radius 2 is 2.19 bits per heavy atom. The van der Waals surface area contributed by atoms with Gasteiger partial charge in [-0.05, 0) is 24.6 Å². The summed E-state index contributed by atoms with van der Waals surface area (Å²) in [5, 5.41) is -0.000881. The molecule has 0 bridgehead atoms. The van der Waals surface area contributed by atoms with Crippen molar-refractivity contribution in [1.82, 2.24) is 0 Å². The van der Waals surface area contributed by atoms with Gasteiger partial charge in [0.05, 0.1) is 5.02 Å². The van der Waals surface area contributed by atoms with E-state index in [9.17, 15) is 14.0 Å². The summed E-state index contributed by atoms with van der Waals surface area (Å²) in [7, 11) is 0. The van der Waals surface area contributed by atoms with Crippen molar-refractivity contribution in [2.75, 3.05) is 0 Å². The van der Waals surface area contributed by atoms with Crippen LogP contribution in [0.3, 0.4) is 0 Å². The van der Waals surface area contributed by atoms with Gasteiger partial charge in [-0.15, -0.1) is 0 Å². The highest BCUT2D eigenvalue weighted by Crippen LogP contribution is 2.27. The quantitative estimate of drug-likeness (QED) is 0.745. The first-order valence-electron chi connectivity index (χ1n) is 5.09. The van der Waals surface area contributed by atoms with Crippen molar-refractivity contribution in [1.29, 1.82) is 0 Å². The summed E-state index contributed by atoms with van der Waals surface area (Å²) in [6.45, 7) is 0. The van der Waals surface area contributed by atoms with Crippen LogP contribution in [0.25, 0.3) is 0 Å². The molecule has 16 heavy (non-hydrogen) atoms. The minimum absolute atomic E-state index is 0.000881. The fraction of sp³-hybridized carbons (Fsp3) is 0.333. The van der Waals surface area contributed by atoms with E-state index in [1.807, 2.05) is 0 Å². The maximum absolute atomic E-state index is 13.2. The van der Waals surface area contributed by atoms with Crippen LogP contribution in [0.15, 0.2) is 18.2 Å². The molecule has 0 amide bonds. The highest BCUT2D eigenvalue weighted by atomic mass is 35.5. The summed E-state index contributed by atoms with van der Waals surface area (Å²) >= 11 is 5.53. The lowest BCUT2D eigenvalue weighted by atomic mass is 9.96. The van der Waals surface area contributed by atoms with E-state index in [2.05, 4.69) is 0 Å². The second-order valence-corrected chi connectivity index (χ2v) is 4.38. The maximum Gasteiger partial charge on any atom is 0.166 e. The van der Waals surface area contributed by atoms with Crippen molar-refractivity contribution >= 4 is 23.2 Å². The van der Waals surface area contributed by atoms with Crippen molar-refractivity contribution in [3.63, 3.8) is 0 Å². The highest BCUT2D eigenvalue weighted by Gasteiger charge is 2.29. The number of halogens is 2. The monoisotopic (exact) mass is 240 g/mol. The van der Waals surface area contributed by atoms with Crippen LogP contribution < -0.4 is 0 Å². The van der Waals surface area contributed by atoms with E-state index in [-0.39, 0.29) is 28.9 Å². The number of Topliss-reactive ketones (excluding diaryl/α,β-unsaturated/α-hetero) is 2. The molecule has 2 nitrogen and oxygen atoms in total. The van der Waals surface area contributed by atoms with Crippen molar-refractivity contribution in [2.45, 2.75) is 19.3 Å². The lowest BCUT2D eigenvalue weighted by Crippen LogP contribution is -2.12. The van der Waals surface area contributed by atoms with E-state index in [1.165, 1.54) is 12.1 Å². The largest absolute Gasteiger partial charge is 0.300 e. The zero-order valence-corrected chi connectivity index (χ0v) is 9.26. The molecule has 1 aromatic rings. The predicted octanol–water partition coefficient (Wildman–Crippen LogP) is 3.03. The van der Waals surface area contributed by atoms with E-state index in [0.29, 0.717) is 18.4 Å². The summed E-state index contributed by atoms with van der Waals surface area (Å²) in [6, 6.07) is 3.99. The average molecular weight is 241 g/mol. The third-order valence-electron chi connectivity index (χ3n) is 2.82. The predicted molar refractivity (Wildman–Crippen MR) is 58.1 cm³/mol. The number of hydrogen-bond acceptors (Lipinski definition) is 2. The van der Waals surface area contributed by atoms with Crippen LogP contribution in [-0.4, -0.2) is 11.6 Å². The molecule has 1 aromatic carbocycles. The Bertz CT molecular complexity index is 456. The number of hydrogen-bond donors (Lipinski definition) is 0. The zero-order valence-electron chi connectivity index (χ0n) is 8.50. The summed E-state index contributed by atoms with van der Waals surface area (Å²) < 4.78 is 13.2. The first-order chi connectivity index (χ1) is 7.58. The van der Waals surface area contributed by atoms with Crippen LogP contribution in [0.1, 0.15) is 29.6 Å². The Morgan fingerprint density at radius 1 is 1.44 bits per heavy atom. The smallest absolute Gasteiger partial charge is 0.166 e. The Kier molecular flexibility index (Phi) is 3.06. The Balaban J connectivity index is 2.21. The van der Waals surface area contributed by atoms with Gasteiger partial charge in [-0.1, -0.05) is 11.6 Å². The van der Waals surface area contributed by atoms with Crippen molar-refractivity contribution in [2.24, 2.45) is 5.92 Å². The number of ketones is 2. The van der Waals surface area contributed by atoms with Crippen LogP contribution in [0, 0.1) is 11.7 Å². The van der Waals surface area contributed by atoms with Gasteiger partial charge in [0, 0.05) is 24.3 Å². The molecule has 1 fully saturated rings. The van der Waals surface area contributed by atoms with Gasteiger partial charge in [0.2, 0.25) is 0 Å². The van der Waals surface area contributed by atoms with Gasteiger partial charge < -0.3 is 0 Å². The fourth-order valence-electron chi connectivity index (χ4n) is 1.92. The molecule has 0 N–H and O–H groups in total. The number of carbonyl (C=O) groups is 2. The lowest BCUT2D eigenvalue weighted by molar-refractivity contribution is -0.117. The topological polar surface area (TPSA) is 34.1 Å². The van der Waals surface area contributed by atoms with Crippen LogP contribution in [0.4, 0.5) is 4.39 Å². The fourth-order valence-corrected chi connectivity index (χ4v) is 2.04. The summed E-state index contributed by atoms with van der Waals surface area (Å²) in [5.41, 5.74) is 0.293. The second kappa shape index (κ2) is 4.34. The highest BCUT2D eigenvalue weighted by molar-refractivity contribution is 6.30. The minimum Gasteiger partial charge on any atom is -0.300 e. The third-order valence-corrected chi connectivity index (χ3v) is 3.13. The van der Waals surface area contributed by atoms with Gasteiger partial charge >= 0.3 is 0 Å². The SMILES string of the molecule is O=C1CCC(C(=O)c2ccc(Cl)c(F)c2)C1. The molecule has 0 saturated heterocycles. The molecule has 4 heteroatoms. The van der Waals surface area contributed by atoms with Gasteiger partial charge in [-0.2, -0.15) is 0 Å².